The number of carbonyl (C=O) groups excluding carboxylic acids is 2. The molecule has 2 amide bonds. The van der Waals surface area contributed by atoms with Crippen LogP contribution < -0.4 is 30.0 Å². The summed E-state index contributed by atoms with van der Waals surface area (Å²) in [5.41, 5.74) is 0. The van der Waals surface area contributed by atoms with Gasteiger partial charge in [0.25, 0.3) is 0 Å². The molecule has 0 aliphatic carbocycles. The van der Waals surface area contributed by atoms with Gasteiger partial charge in [-0.1, -0.05) is 80.6 Å². The van der Waals surface area contributed by atoms with Crippen LogP contribution in [-0.2, 0) is 24.2 Å². The number of piperidine rings is 1. The number of nitrogens with one attached hydrogen (secondary N) is 3. The number of rotatable bonds is 18. The van der Waals surface area contributed by atoms with Crippen molar-refractivity contribution >= 4 is 46.6 Å². The van der Waals surface area contributed by atoms with Crippen molar-refractivity contribution in [3.8, 4) is 11.5 Å². The van der Waals surface area contributed by atoms with Gasteiger partial charge in [-0.05, 0) is 66.6 Å². The Morgan fingerprint density at radius 1 is 0.982 bits per heavy atom. The SMILES string of the molecule is CCC(=O)N(CCNP(=O)(Oc1ccccc1)Oc1ccccc1)C(C=NN)[C@@H](NS(=O)(=O)c1ccc2ccccc2c1)[C@H](C)C(=O)N(C)C1CCCNC1. The maximum atomic E-state index is 14.2. The summed E-state index contributed by atoms with van der Waals surface area (Å²) < 4.78 is 57.2. The van der Waals surface area contributed by atoms with Gasteiger partial charge in [0.1, 0.15) is 11.5 Å². The van der Waals surface area contributed by atoms with E-state index in [2.05, 4.69) is 20.2 Å². The average molecular weight is 792 g/mol. The predicted molar refractivity (Wildman–Crippen MR) is 214 cm³/mol. The van der Waals surface area contributed by atoms with E-state index in [1.54, 1.807) is 98.6 Å². The summed E-state index contributed by atoms with van der Waals surface area (Å²) in [4.78, 5) is 31.0. The molecule has 1 fully saturated rings. The molecule has 5 N–H and O–H groups in total. The highest BCUT2D eigenvalue weighted by Crippen LogP contribution is 2.44. The monoisotopic (exact) mass is 791 g/mol. The second-order valence-electron chi connectivity index (χ2n) is 13.3. The summed E-state index contributed by atoms with van der Waals surface area (Å²) >= 11 is 0. The summed E-state index contributed by atoms with van der Waals surface area (Å²) in [7, 11) is -6.70. The predicted octanol–water partition coefficient (Wildman–Crippen LogP) is 4.74. The lowest BCUT2D eigenvalue weighted by Gasteiger charge is -2.40. The Morgan fingerprint density at radius 2 is 1.60 bits per heavy atom. The largest absolute Gasteiger partial charge is 0.512 e. The van der Waals surface area contributed by atoms with Crippen LogP contribution in [0.1, 0.15) is 33.1 Å². The number of nitrogens with zero attached hydrogens (tertiary/aromatic N) is 3. The molecule has 0 saturated carbocycles. The van der Waals surface area contributed by atoms with E-state index in [0.717, 1.165) is 24.8 Å². The van der Waals surface area contributed by atoms with Crippen molar-refractivity contribution in [3.05, 3.63) is 103 Å². The summed E-state index contributed by atoms with van der Waals surface area (Å²) in [6.45, 7) is 4.48. The van der Waals surface area contributed by atoms with Crippen LogP contribution in [0.25, 0.3) is 10.8 Å². The van der Waals surface area contributed by atoms with Crippen molar-refractivity contribution in [1.29, 1.82) is 0 Å². The normalized spacial score (nSPS) is 16.6. The Labute approximate surface area is 323 Å². The van der Waals surface area contributed by atoms with Gasteiger partial charge in [0.2, 0.25) is 21.8 Å². The summed E-state index contributed by atoms with van der Waals surface area (Å²) in [6.07, 6.45) is 2.95. The third kappa shape index (κ3) is 10.9. The van der Waals surface area contributed by atoms with Gasteiger partial charge in [-0.3, -0.25) is 9.59 Å². The standard InChI is InChI=1S/C39H50N7O7PS/c1-4-37(47)46(25-24-43-54(49,52-33-17-7-5-8-18-33)53-34-19-9-6-10-20-34)36(28-42-40)38(29(2)39(48)45(3)32-16-13-23-41-27-32)44-55(50,51)35-22-21-30-14-11-12-15-31(30)26-35/h5-12,14-15,17-22,26,28-29,32,36,38,41,44H,4,13,16,23-25,27,40H2,1-3H3,(H,43,49)/t29-,32?,36?,38-/m0/s1. The minimum absolute atomic E-state index is 0.0174. The quantitative estimate of drug-likeness (QED) is 0.0475. The highest BCUT2D eigenvalue weighted by atomic mass is 32.2. The van der Waals surface area contributed by atoms with Gasteiger partial charge in [0.05, 0.1) is 22.9 Å². The average Bonchev–Trinajstić information content (AvgIpc) is 3.20. The lowest BCUT2D eigenvalue weighted by atomic mass is 9.92. The van der Waals surface area contributed by atoms with Crippen LogP contribution in [0.2, 0.25) is 0 Å². The minimum Gasteiger partial charge on any atom is -0.405 e. The molecule has 0 radical (unpaired) electrons. The van der Waals surface area contributed by atoms with Crippen LogP contribution in [0, 0.1) is 5.92 Å². The van der Waals surface area contributed by atoms with Crippen molar-refractivity contribution < 1.29 is 31.6 Å². The Morgan fingerprint density at radius 3 is 2.18 bits per heavy atom. The number of fused-ring (bicyclic) bond motifs is 1. The molecule has 4 aromatic rings. The van der Waals surface area contributed by atoms with E-state index < -0.39 is 41.7 Å². The lowest BCUT2D eigenvalue weighted by Crippen LogP contribution is -2.61. The summed E-state index contributed by atoms with van der Waals surface area (Å²) in [5.74, 6) is 4.61. The topological polar surface area (TPSA) is 185 Å². The van der Waals surface area contributed by atoms with Crippen LogP contribution in [0.5, 0.6) is 11.5 Å². The molecular formula is C39H50N7O7PS. The van der Waals surface area contributed by atoms with E-state index in [9.17, 15) is 22.6 Å². The molecule has 294 valence electrons. The molecule has 14 nitrogen and oxygen atoms in total. The van der Waals surface area contributed by atoms with E-state index in [1.165, 1.54) is 17.2 Å². The molecule has 2 unspecified atom stereocenters. The second kappa shape index (κ2) is 19.2. The first-order valence-electron chi connectivity index (χ1n) is 18.3. The van der Waals surface area contributed by atoms with Gasteiger partial charge in [-0.2, -0.15) is 10.2 Å². The Balaban J connectivity index is 1.48. The van der Waals surface area contributed by atoms with Crippen LogP contribution in [-0.4, -0.2) is 87.6 Å². The minimum atomic E-state index is -4.30. The maximum absolute atomic E-state index is 14.2. The molecule has 1 heterocycles. The molecule has 1 saturated heterocycles. The van der Waals surface area contributed by atoms with Crippen LogP contribution in [0.3, 0.4) is 0 Å². The molecule has 16 heteroatoms. The Kier molecular flexibility index (Phi) is 14.4. The van der Waals surface area contributed by atoms with Crippen molar-refractivity contribution in [2.24, 2.45) is 16.9 Å². The molecule has 1 aliphatic rings. The fourth-order valence-electron chi connectivity index (χ4n) is 6.60. The van der Waals surface area contributed by atoms with Crippen molar-refractivity contribution in [1.82, 2.24) is 24.9 Å². The first-order chi connectivity index (χ1) is 26.4. The zero-order chi connectivity index (χ0) is 39.4. The van der Waals surface area contributed by atoms with Gasteiger partial charge in [0, 0.05) is 45.4 Å². The highest BCUT2D eigenvalue weighted by molar-refractivity contribution is 7.89. The molecule has 1 aliphatic heterocycles. The van der Waals surface area contributed by atoms with Crippen LogP contribution in [0.15, 0.2) is 113 Å². The molecule has 0 bridgehead atoms. The van der Waals surface area contributed by atoms with Crippen molar-refractivity contribution in [3.63, 3.8) is 0 Å². The number of hydrogen-bond acceptors (Lipinski definition) is 10. The molecule has 4 aromatic carbocycles. The van der Waals surface area contributed by atoms with Gasteiger partial charge < -0.3 is 30.0 Å². The number of sulfonamides is 1. The molecule has 0 aromatic heterocycles. The molecule has 4 atom stereocenters. The van der Waals surface area contributed by atoms with E-state index in [4.69, 9.17) is 14.9 Å². The summed E-state index contributed by atoms with van der Waals surface area (Å²) in [5, 5.41) is 11.5. The highest BCUT2D eigenvalue weighted by Gasteiger charge is 2.41. The first-order valence-corrected chi connectivity index (χ1v) is 21.3. The number of likely N-dealkylation sites (N-methyl/N-ethyl adjacent to an activating group) is 1. The van der Waals surface area contributed by atoms with Crippen molar-refractivity contribution in [2.45, 2.75) is 56.1 Å². The van der Waals surface area contributed by atoms with Crippen molar-refractivity contribution in [2.75, 3.05) is 33.2 Å². The van der Waals surface area contributed by atoms with Gasteiger partial charge in [-0.25, -0.2) is 17.7 Å². The van der Waals surface area contributed by atoms with Gasteiger partial charge >= 0.3 is 7.75 Å². The number of hydrogen-bond donors (Lipinski definition) is 4. The number of carbonyl (C=O) groups is 2. The third-order valence-corrected chi connectivity index (χ3v) is 12.6. The van der Waals surface area contributed by atoms with E-state index in [1.807, 2.05) is 24.3 Å². The molecule has 55 heavy (non-hydrogen) atoms. The Bertz CT molecular complexity index is 2020. The zero-order valence-electron chi connectivity index (χ0n) is 31.3. The smallest absolute Gasteiger partial charge is 0.405 e. The van der Waals surface area contributed by atoms with E-state index in [0.29, 0.717) is 11.9 Å². The molecule has 5 rings (SSSR count). The van der Waals surface area contributed by atoms with Gasteiger partial charge in [0.15, 0.2) is 0 Å². The number of hydrazone groups is 1. The zero-order valence-corrected chi connectivity index (χ0v) is 33.0. The number of para-hydroxylation sites is 2. The molecular weight excluding hydrogens is 742 g/mol. The number of nitrogens with two attached hydrogens (primary N) is 1. The molecule has 0 spiro atoms. The lowest BCUT2D eigenvalue weighted by molar-refractivity contribution is -0.139. The van der Waals surface area contributed by atoms with Crippen LogP contribution >= 0.6 is 7.75 Å². The first kappa shape index (κ1) is 41.4. The fourth-order valence-corrected chi connectivity index (χ4v) is 9.30. The Hall–Kier alpha value is -4.79. The number of benzene rings is 4. The van der Waals surface area contributed by atoms with E-state index in [-0.39, 0.29) is 47.9 Å². The van der Waals surface area contributed by atoms with Gasteiger partial charge in [-0.15, -0.1) is 0 Å². The number of amides is 2. The summed E-state index contributed by atoms with van der Waals surface area (Å²) in [6, 6.07) is 26.6. The fraction of sp³-hybridized carbons (Fsp3) is 0.359. The third-order valence-electron chi connectivity index (χ3n) is 9.60. The van der Waals surface area contributed by atoms with Crippen LogP contribution in [0.4, 0.5) is 0 Å². The maximum Gasteiger partial charge on any atom is 0.512 e. The van der Waals surface area contributed by atoms with E-state index >= 15 is 0 Å². The second-order valence-corrected chi connectivity index (χ2v) is 16.7.